The van der Waals surface area contributed by atoms with Gasteiger partial charge in [0.05, 0.1) is 16.8 Å². The monoisotopic (exact) mass is 380 g/mol. The number of nitrogens with zero attached hydrogens (tertiary/aromatic N) is 3. The summed E-state index contributed by atoms with van der Waals surface area (Å²) >= 11 is 1.48. The van der Waals surface area contributed by atoms with Crippen LogP contribution in [0.25, 0.3) is 11.0 Å². The zero-order valence-electron chi connectivity index (χ0n) is 15.5. The molecule has 2 heterocycles. The van der Waals surface area contributed by atoms with Crippen LogP contribution in [0.2, 0.25) is 0 Å². The van der Waals surface area contributed by atoms with Crippen LogP contribution in [0.1, 0.15) is 19.8 Å². The van der Waals surface area contributed by atoms with E-state index in [9.17, 15) is 4.79 Å². The minimum Gasteiger partial charge on any atom is -0.372 e. The molecule has 27 heavy (non-hydrogen) atoms. The van der Waals surface area contributed by atoms with Gasteiger partial charge in [0.25, 0.3) is 0 Å². The van der Waals surface area contributed by atoms with E-state index in [2.05, 4.69) is 44.9 Å². The Hall–Kier alpha value is -2.47. The zero-order valence-corrected chi connectivity index (χ0v) is 16.3. The van der Waals surface area contributed by atoms with Crippen LogP contribution in [0.3, 0.4) is 0 Å². The molecule has 1 amide bonds. The predicted molar refractivity (Wildman–Crippen MR) is 113 cm³/mol. The Kier molecular flexibility index (Phi) is 5.34. The lowest BCUT2D eigenvalue weighted by molar-refractivity contribution is -0.113. The average molecular weight is 381 g/mol. The van der Waals surface area contributed by atoms with Crippen molar-refractivity contribution in [3.8, 4) is 0 Å². The molecule has 3 aromatic rings. The van der Waals surface area contributed by atoms with Gasteiger partial charge in [-0.25, -0.2) is 4.98 Å². The van der Waals surface area contributed by atoms with Crippen molar-refractivity contribution in [2.75, 3.05) is 29.1 Å². The number of aromatic nitrogens is 2. The molecule has 1 fully saturated rings. The topological polar surface area (TPSA) is 50.2 Å². The Morgan fingerprint density at radius 2 is 1.85 bits per heavy atom. The number of benzene rings is 2. The van der Waals surface area contributed by atoms with Crippen molar-refractivity contribution in [1.82, 2.24) is 9.55 Å². The first-order valence-electron chi connectivity index (χ1n) is 9.47. The molecule has 0 atom stereocenters. The molecule has 5 nitrogen and oxygen atoms in total. The molecule has 1 aromatic heterocycles. The van der Waals surface area contributed by atoms with E-state index < -0.39 is 0 Å². The van der Waals surface area contributed by atoms with E-state index in [0.717, 1.165) is 41.5 Å². The van der Waals surface area contributed by atoms with E-state index in [4.69, 9.17) is 0 Å². The Morgan fingerprint density at radius 3 is 2.59 bits per heavy atom. The summed E-state index contributed by atoms with van der Waals surface area (Å²) in [5.74, 6) is 0.334. The normalized spacial score (nSPS) is 14.0. The third kappa shape index (κ3) is 3.95. The highest BCUT2D eigenvalue weighted by atomic mass is 32.2. The summed E-state index contributed by atoms with van der Waals surface area (Å²) in [5, 5.41) is 3.87. The summed E-state index contributed by atoms with van der Waals surface area (Å²) < 4.78 is 2.15. The number of hydrogen-bond acceptors (Lipinski definition) is 4. The van der Waals surface area contributed by atoms with Crippen LogP contribution in [0, 0.1) is 0 Å². The van der Waals surface area contributed by atoms with Crippen molar-refractivity contribution < 1.29 is 4.79 Å². The van der Waals surface area contributed by atoms with Crippen LogP contribution in [0.15, 0.2) is 53.7 Å². The number of nitrogens with one attached hydrogen (secondary N) is 1. The smallest absolute Gasteiger partial charge is 0.234 e. The number of rotatable bonds is 6. The number of aryl methyl sites for hydroxylation is 1. The van der Waals surface area contributed by atoms with E-state index in [1.807, 2.05) is 30.3 Å². The molecule has 1 saturated heterocycles. The van der Waals surface area contributed by atoms with E-state index in [-0.39, 0.29) is 5.91 Å². The fourth-order valence-corrected chi connectivity index (χ4v) is 4.41. The fraction of sp³-hybridized carbons (Fsp3) is 0.333. The average Bonchev–Trinajstić information content (AvgIpc) is 3.34. The quantitative estimate of drug-likeness (QED) is 0.645. The number of fused-ring (bicyclic) bond motifs is 1. The highest BCUT2D eigenvalue weighted by Crippen LogP contribution is 2.25. The molecule has 140 valence electrons. The third-order valence-electron chi connectivity index (χ3n) is 4.89. The maximum Gasteiger partial charge on any atom is 0.234 e. The molecule has 0 unspecified atom stereocenters. The molecule has 1 N–H and O–H groups in total. The van der Waals surface area contributed by atoms with E-state index in [0.29, 0.717) is 5.75 Å². The van der Waals surface area contributed by atoms with Crippen molar-refractivity contribution in [1.29, 1.82) is 0 Å². The molecule has 1 aliphatic heterocycles. The Labute approximate surface area is 163 Å². The van der Waals surface area contributed by atoms with Crippen molar-refractivity contribution >= 4 is 40.1 Å². The van der Waals surface area contributed by atoms with Crippen molar-refractivity contribution in [3.05, 3.63) is 48.5 Å². The van der Waals surface area contributed by atoms with Gasteiger partial charge in [-0.2, -0.15) is 0 Å². The highest BCUT2D eigenvalue weighted by molar-refractivity contribution is 7.99. The summed E-state index contributed by atoms with van der Waals surface area (Å²) in [7, 11) is 0. The predicted octanol–water partition coefficient (Wildman–Crippen LogP) is 4.39. The number of carbonyl (C=O) groups excluding carboxylic acids is 1. The number of amides is 1. The summed E-state index contributed by atoms with van der Waals surface area (Å²) in [6.45, 7) is 5.18. The Balaban J connectivity index is 1.37. The second-order valence-electron chi connectivity index (χ2n) is 6.71. The lowest BCUT2D eigenvalue weighted by Crippen LogP contribution is -2.18. The highest BCUT2D eigenvalue weighted by Gasteiger charge is 2.13. The van der Waals surface area contributed by atoms with E-state index in [1.54, 1.807) is 0 Å². The number of imidazole rings is 1. The zero-order chi connectivity index (χ0) is 18.6. The molecular weight excluding hydrogens is 356 g/mol. The van der Waals surface area contributed by atoms with Crippen LogP contribution < -0.4 is 10.2 Å². The van der Waals surface area contributed by atoms with Crippen molar-refractivity contribution in [3.63, 3.8) is 0 Å². The Bertz CT molecular complexity index is 929. The maximum atomic E-state index is 12.4. The van der Waals surface area contributed by atoms with Gasteiger partial charge >= 0.3 is 0 Å². The van der Waals surface area contributed by atoms with Crippen LogP contribution >= 0.6 is 11.8 Å². The lowest BCUT2D eigenvalue weighted by Gasteiger charge is -2.17. The number of carbonyl (C=O) groups is 1. The molecule has 4 rings (SSSR count). The van der Waals surface area contributed by atoms with Gasteiger partial charge in [-0.3, -0.25) is 4.79 Å². The second-order valence-corrected chi connectivity index (χ2v) is 7.65. The fourth-order valence-electron chi connectivity index (χ4n) is 3.53. The maximum absolute atomic E-state index is 12.4. The molecule has 0 saturated carbocycles. The van der Waals surface area contributed by atoms with E-state index in [1.165, 1.54) is 30.3 Å². The standard InChI is InChI=1S/C21H24N4OS/c1-2-25-19-8-4-3-7-18(19)23-21(25)27-15-20(26)22-16-9-11-17(12-10-16)24-13-5-6-14-24/h3-4,7-12H,2,5-6,13-15H2,1H3,(H,22,26). The van der Waals surface area contributed by atoms with Gasteiger partial charge in [0.15, 0.2) is 5.16 Å². The first-order valence-corrected chi connectivity index (χ1v) is 10.5. The summed E-state index contributed by atoms with van der Waals surface area (Å²) in [6, 6.07) is 16.2. The molecule has 0 bridgehead atoms. The molecule has 0 radical (unpaired) electrons. The third-order valence-corrected chi connectivity index (χ3v) is 5.87. The molecular formula is C21H24N4OS. The van der Waals surface area contributed by atoms with Gasteiger partial charge in [-0.15, -0.1) is 0 Å². The molecule has 6 heteroatoms. The van der Waals surface area contributed by atoms with Gasteiger partial charge in [-0.1, -0.05) is 23.9 Å². The minimum atomic E-state index is -0.0105. The van der Waals surface area contributed by atoms with Gasteiger partial charge < -0.3 is 14.8 Å². The van der Waals surface area contributed by atoms with E-state index >= 15 is 0 Å². The SMILES string of the molecule is CCn1c(SCC(=O)Nc2ccc(N3CCCC3)cc2)nc2ccccc21. The summed E-state index contributed by atoms with van der Waals surface area (Å²) in [4.78, 5) is 19.4. The van der Waals surface area contributed by atoms with Crippen LogP contribution in [0.4, 0.5) is 11.4 Å². The summed E-state index contributed by atoms with van der Waals surface area (Å²) in [6.07, 6.45) is 2.52. The molecule has 1 aliphatic rings. The second kappa shape index (κ2) is 8.05. The molecule has 0 spiro atoms. The number of anilines is 2. The van der Waals surface area contributed by atoms with Crippen molar-refractivity contribution in [2.24, 2.45) is 0 Å². The van der Waals surface area contributed by atoms with Crippen LogP contribution in [-0.4, -0.2) is 34.3 Å². The van der Waals surface area contributed by atoms with Gasteiger partial charge in [0.2, 0.25) is 5.91 Å². The first kappa shape index (κ1) is 17.9. The lowest BCUT2D eigenvalue weighted by atomic mass is 10.2. The minimum absolute atomic E-state index is 0.0105. The Morgan fingerprint density at radius 1 is 1.11 bits per heavy atom. The first-order chi connectivity index (χ1) is 13.2. The largest absolute Gasteiger partial charge is 0.372 e. The van der Waals surface area contributed by atoms with Crippen LogP contribution in [-0.2, 0) is 11.3 Å². The van der Waals surface area contributed by atoms with Gasteiger partial charge in [0.1, 0.15) is 0 Å². The number of hydrogen-bond donors (Lipinski definition) is 1. The number of para-hydroxylation sites is 2. The molecule has 2 aromatic carbocycles. The summed E-state index contributed by atoms with van der Waals surface area (Å²) in [5.41, 5.74) is 4.16. The van der Waals surface area contributed by atoms with Gasteiger partial charge in [-0.05, 0) is 56.2 Å². The van der Waals surface area contributed by atoms with Crippen LogP contribution in [0.5, 0.6) is 0 Å². The number of thioether (sulfide) groups is 1. The van der Waals surface area contributed by atoms with Gasteiger partial charge in [0, 0.05) is 31.0 Å². The van der Waals surface area contributed by atoms with Crippen molar-refractivity contribution in [2.45, 2.75) is 31.5 Å². The molecule has 0 aliphatic carbocycles.